The summed E-state index contributed by atoms with van der Waals surface area (Å²) in [5, 5.41) is 6.16. The lowest BCUT2D eigenvalue weighted by molar-refractivity contribution is -0.130. The Morgan fingerprint density at radius 3 is 2.67 bits per heavy atom. The van der Waals surface area contributed by atoms with Crippen LogP contribution in [-0.4, -0.2) is 24.0 Å². The fourth-order valence-electron chi connectivity index (χ4n) is 3.25. The highest BCUT2D eigenvalue weighted by Crippen LogP contribution is 2.19. The third kappa shape index (κ3) is 5.36. The monoisotopic (exact) mass is 370 g/mol. The zero-order valence-corrected chi connectivity index (χ0v) is 15.6. The Bertz CT molecular complexity index is 751. The molecule has 27 heavy (non-hydrogen) atoms. The van der Waals surface area contributed by atoms with Crippen LogP contribution in [0.2, 0.25) is 0 Å². The van der Waals surface area contributed by atoms with E-state index in [2.05, 4.69) is 10.6 Å². The molecule has 6 nitrogen and oxygen atoms in total. The number of carbonyl (C=O) groups excluding carboxylic acids is 2. The van der Waals surface area contributed by atoms with Crippen LogP contribution in [0, 0.1) is 0 Å². The number of anilines is 1. The van der Waals surface area contributed by atoms with Gasteiger partial charge in [-0.2, -0.15) is 0 Å². The third-order valence-electron chi connectivity index (χ3n) is 4.78. The molecule has 1 heterocycles. The Morgan fingerprint density at radius 1 is 1.15 bits per heavy atom. The van der Waals surface area contributed by atoms with Crippen molar-refractivity contribution in [3.05, 3.63) is 54.0 Å². The van der Waals surface area contributed by atoms with Gasteiger partial charge in [-0.1, -0.05) is 31.4 Å². The summed E-state index contributed by atoms with van der Waals surface area (Å²) in [5.41, 5.74) is 1.03. The van der Waals surface area contributed by atoms with Crippen molar-refractivity contribution in [1.82, 2.24) is 5.32 Å². The SMILES string of the molecule is C[C@H](OC(=O)c1ccccc1NCc1ccco1)C(=O)NC1CCCCC1. The Kier molecular flexibility index (Phi) is 6.52. The van der Waals surface area contributed by atoms with E-state index in [1.54, 1.807) is 31.4 Å². The molecule has 0 bridgehead atoms. The molecule has 1 aliphatic carbocycles. The predicted molar refractivity (Wildman–Crippen MR) is 102 cm³/mol. The van der Waals surface area contributed by atoms with Crippen molar-refractivity contribution < 1.29 is 18.7 Å². The van der Waals surface area contributed by atoms with E-state index in [9.17, 15) is 9.59 Å². The fourth-order valence-corrected chi connectivity index (χ4v) is 3.25. The molecule has 2 aromatic rings. The van der Waals surface area contributed by atoms with Crippen molar-refractivity contribution in [2.45, 2.75) is 57.7 Å². The van der Waals surface area contributed by atoms with Crippen LogP contribution in [0.1, 0.15) is 55.1 Å². The predicted octanol–water partition coefficient (Wildman–Crippen LogP) is 3.89. The Hall–Kier alpha value is -2.76. The van der Waals surface area contributed by atoms with Gasteiger partial charge in [-0.25, -0.2) is 4.79 Å². The van der Waals surface area contributed by atoms with Gasteiger partial charge in [-0.15, -0.1) is 0 Å². The van der Waals surface area contributed by atoms with Gasteiger partial charge in [0.05, 0.1) is 18.4 Å². The molecular formula is C21H26N2O4. The summed E-state index contributed by atoms with van der Waals surface area (Å²) in [7, 11) is 0. The lowest BCUT2D eigenvalue weighted by atomic mass is 9.95. The maximum atomic E-state index is 12.6. The number of hydrogen-bond donors (Lipinski definition) is 2. The highest BCUT2D eigenvalue weighted by molar-refractivity contribution is 5.97. The summed E-state index contributed by atoms with van der Waals surface area (Å²) in [4.78, 5) is 24.9. The number of hydrogen-bond acceptors (Lipinski definition) is 5. The van der Waals surface area contributed by atoms with E-state index in [0.29, 0.717) is 17.8 Å². The molecule has 1 fully saturated rings. The van der Waals surface area contributed by atoms with Crippen molar-refractivity contribution in [2.24, 2.45) is 0 Å². The molecule has 6 heteroatoms. The minimum Gasteiger partial charge on any atom is -0.467 e. The summed E-state index contributed by atoms with van der Waals surface area (Å²) in [6.45, 7) is 2.06. The van der Waals surface area contributed by atoms with Crippen LogP contribution in [0.3, 0.4) is 0 Å². The molecule has 1 amide bonds. The highest BCUT2D eigenvalue weighted by atomic mass is 16.5. The minimum absolute atomic E-state index is 0.189. The number of rotatable bonds is 7. The van der Waals surface area contributed by atoms with Crippen LogP contribution in [0.4, 0.5) is 5.69 Å². The Balaban J connectivity index is 1.57. The molecule has 0 unspecified atom stereocenters. The molecule has 1 atom stereocenters. The van der Waals surface area contributed by atoms with Crippen LogP contribution in [0.15, 0.2) is 47.1 Å². The molecular weight excluding hydrogens is 344 g/mol. The largest absolute Gasteiger partial charge is 0.467 e. The minimum atomic E-state index is -0.836. The molecule has 0 spiro atoms. The fraction of sp³-hybridized carbons (Fsp3) is 0.429. The van der Waals surface area contributed by atoms with Crippen LogP contribution in [0.5, 0.6) is 0 Å². The van der Waals surface area contributed by atoms with Crippen molar-refractivity contribution in [2.75, 3.05) is 5.32 Å². The Morgan fingerprint density at radius 2 is 1.93 bits per heavy atom. The first kappa shape index (κ1) is 19.0. The molecule has 3 rings (SSSR count). The molecule has 0 radical (unpaired) electrons. The number of carbonyl (C=O) groups is 2. The molecule has 2 N–H and O–H groups in total. The normalized spacial score (nSPS) is 15.7. The van der Waals surface area contributed by atoms with Crippen molar-refractivity contribution in [1.29, 1.82) is 0 Å². The number of benzene rings is 1. The molecule has 1 aromatic carbocycles. The van der Waals surface area contributed by atoms with Gasteiger partial charge in [0.2, 0.25) is 0 Å². The second kappa shape index (κ2) is 9.26. The summed E-state index contributed by atoms with van der Waals surface area (Å²) in [6.07, 6.45) is 6.24. The number of furan rings is 1. The van der Waals surface area contributed by atoms with E-state index in [1.807, 2.05) is 18.2 Å². The van der Waals surface area contributed by atoms with Gasteiger partial charge in [-0.3, -0.25) is 4.79 Å². The molecule has 0 aliphatic heterocycles. The van der Waals surface area contributed by atoms with Gasteiger partial charge in [0.25, 0.3) is 5.91 Å². The van der Waals surface area contributed by atoms with Gasteiger partial charge in [0, 0.05) is 11.7 Å². The van der Waals surface area contributed by atoms with E-state index in [1.165, 1.54) is 6.42 Å². The number of para-hydroxylation sites is 1. The number of amides is 1. The van der Waals surface area contributed by atoms with Crippen molar-refractivity contribution >= 4 is 17.6 Å². The zero-order valence-electron chi connectivity index (χ0n) is 15.6. The standard InChI is InChI=1S/C21H26N2O4/c1-15(20(24)23-16-8-3-2-4-9-16)27-21(25)18-11-5-6-12-19(18)22-14-17-10-7-13-26-17/h5-7,10-13,15-16,22H,2-4,8-9,14H2,1H3,(H,23,24)/t15-/m0/s1. The van der Waals surface area contributed by atoms with E-state index >= 15 is 0 Å². The van der Waals surface area contributed by atoms with Gasteiger partial charge in [0.1, 0.15) is 5.76 Å². The lowest BCUT2D eigenvalue weighted by Crippen LogP contribution is -2.42. The number of ether oxygens (including phenoxy) is 1. The first-order valence-electron chi connectivity index (χ1n) is 9.50. The first-order chi connectivity index (χ1) is 13.1. The van der Waals surface area contributed by atoms with Gasteiger partial charge < -0.3 is 19.8 Å². The molecule has 144 valence electrons. The second-order valence-corrected chi connectivity index (χ2v) is 6.87. The maximum Gasteiger partial charge on any atom is 0.341 e. The quantitative estimate of drug-likeness (QED) is 0.723. The highest BCUT2D eigenvalue weighted by Gasteiger charge is 2.23. The molecule has 0 saturated heterocycles. The van der Waals surface area contributed by atoms with Gasteiger partial charge in [-0.05, 0) is 44.0 Å². The van der Waals surface area contributed by atoms with E-state index in [0.717, 1.165) is 31.4 Å². The van der Waals surface area contributed by atoms with Crippen LogP contribution in [-0.2, 0) is 16.1 Å². The average Bonchev–Trinajstić information content (AvgIpc) is 3.21. The third-order valence-corrected chi connectivity index (χ3v) is 4.78. The van der Waals surface area contributed by atoms with Crippen molar-refractivity contribution in [3.63, 3.8) is 0 Å². The summed E-state index contributed by atoms with van der Waals surface area (Å²) in [5.74, 6) is -0.00138. The molecule has 1 aromatic heterocycles. The first-order valence-corrected chi connectivity index (χ1v) is 9.50. The van der Waals surface area contributed by atoms with Crippen LogP contribution in [0.25, 0.3) is 0 Å². The topological polar surface area (TPSA) is 80.6 Å². The van der Waals surface area contributed by atoms with E-state index < -0.39 is 12.1 Å². The van der Waals surface area contributed by atoms with Crippen LogP contribution >= 0.6 is 0 Å². The van der Waals surface area contributed by atoms with Crippen LogP contribution < -0.4 is 10.6 Å². The number of nitrogens with one attached hydrogen (secondary N) is 2. The van der Waals surface area contributed by atoms with Gasteiger partial charge >= 0.3 is 5.97 Å². The zero-order chi connectivity index (χ0) is 19.1. The second-order valence-electron chi connectivity index (χ2n) is 6.87. The number of esters is 1. The summed E-state index contributed by atoms with van der Waals surface area (Å²) in [6, 6.07) is 10.9. The summed E-state index contributed by atoms with van der Waals surface area (Å²) >= 11 is 0. The maximum absolute atomic E-state index is 12.6. The average molecular weight is 370 g/mol. The summed E-state index contributed by atoms with van der Waals surface area (Å²) < 4.78 is 10.7. The Labute approximate surface area is 159 Å². The van der Waals surface area contributed by atoms with Crippen molar-refractivity contribution in [3.8, 4) is 0 Å². The molecule has 1 aliphatic rings. The molecule has 1 saturated carbocycles. The smallest absolute Gasteiger partial charge is 0.341 e. The van der Waals surface area contributed by atoms with Gasteiger partial charge in [0.15, 0.2) is 6.10 Å². The van der Waals surface area contributed by atoms with E-state index in [4.69, 9.17) is 9.15 Å². The van der Waals surface area contributed by atoms with E-state index in [-0.39, 0.29) is 11.9 Å². The lowest BCUT2D eigenvalue weighted by Gasteiger charge is -2.24.